The molecule has 1 aromatic carbocycles. The molecule has 4 nitrogen and oxygen atoms in total. The van der Waals surface area contributed by atoms with Gasteiger partial charge in [-0.3, -0.25) is 0 Å². The Morgan fingerprint density at radius 3 is 2.69 bits per heavy atom. The van der Waals surface area contributed by atoms with Crippen LogP contribution in [0.15, 0.2) is 22.7 Å². The molecule has 0 saturated carbocycles. The van der Waals surface area contributed by atoms with Crippen LogP contribution in [0.2, 0.25) is 0 Å². The number of nitrogens with zero attached hydrogens (tertiary/aromatic N) is 1. The van der Waals surface area contributed by atoms with Crippen molar-refractivity contribution >= 4 is 5.88 Å². The summed E-state index contributed by atoms with van der Waals surface area (Å²) >= 11 is 0. The molecule has 0 aliphatic rings. The maximum atomic E-state index is 13.5. The van der Waals surface area contributed by atoms with Crippen LogP contribution >= 0.6 is 0 Å². The Labute approximate surface area is 91.8 Å². The van der Waals surface area contributed by atoms with Gasteiger partial charge in [-0.2, -0.15) is 0 Å². The molecule has 1 heterocycles. The highest BCUT2D eigenvalue weighted by atomic mass is 19.1. The molecule has 2 rings (SSSR count). The number of anilines is 1. The topological polar surface area (TPSA) is 61.3 Å². The highest BCUT2D eigenvalue weighted by molar-refractivity contribution is 5.64. The number of ether oxygens (including phenoxy) is 1. The van der Waals surface area contributed by atoms with E-state index in [1.807, 2.05) is 0 Å². The summed E-state index contributed by atoms with van der Waals surface area (Å²) in [6.45, 7) is 1.65. The number of rotatable bonds is 2. The summed E-state index contributed by atoms with van der Waals surface area (Å²) in [6.07, 6.45) is 0. The van der Waals surface area contributed by atoms with E-state index in [9.17, 15) is 4.39 Å². The standard InChI is InChI=1S/C11H11FN2O2/c1-6-8(12)3-7(4-10(6)15-2)9-5-11(13)16-14-9/h3-5H,13H2,1-2H3. The Morgan fingerprint density at radius 1 is 1.38 bits per heavy atom. The lowest BCUT2D eigenvalue weighted by Crippen LogP contribution is -1.92. The summed E-state index contributed by atoms with van der Waals surface area (Å²) in [5, 5.41) is 3.71. The minimum atomic E-state index is -0.351. The third-order valence-electron chi connectivity index (χ3n) is 2.34. The maximum Gasteiger partial charge on any atom is 0.222 e. The second kappa shape index (κ2) is 3.84. The van der Waals surface area contributed by atoms with E-state index in [0.717, 1.165) is 0 Å². The Bertz CT molecular complexity index is 523. The van der Waals surface area contributed by atoms with Gasteiger partial charge >= 0.3 is 0 Å². The maximum absolute atomic E-state index is 13.5. The van der Waals surface area contributed by atoms with E-state index < -0.39 is 0 Å². The van der Waals surface area contributed by atoms with Crippen LogP contribution < -0.4 is 10.5 Å². The molecule has 1 aromatic heterocycles. The zero-order valence-electron chi connectivity index (χ0n) is 8.95. The summed E-state index contributed by atoms with van der Waals surface area (Å²) in [5.74, 6) is 0.308. The molecule has 2 aromatic rings. The average Bonchev–Trinajstić information content (AvgIpc) is 2.69. The number of benzene rings is 1. The first kappa shape index (κ1) is 10.5. The predicted octanol–water partition coefficient (Wildman–Crippen LogP) is 2.38. The van der Waals surface area contributed by atoms with Crippen LogP contribution in [0, 0.1) is 12.7 Å². The van der Waals surface area contributed by atoms with Crippen molar-refractivity contribution < 1.29 is 13.7 Å². The van der Waals surface area contributed by atoms with Gasteiger partial charge in [-0.05, 0) is 19.1 Å². The number of hydrogen-bond acceptors (Lipinski definition) is 4. The molecule has 5 heteroatoms. The molecule has 16 heavy (non-hydrogen) atoms. The van der Waals surface area contributed by atoms with Gasteiger partial charge in [-0.25, -0.2) is 4.39 Å². The zero-order chi connectivity index (χ0) is 11.7. The Balaban J connectivity index is 2.54. The molecule has 0 spiro atoms. The van der Waals surface area contributed by atoms with Gasteiger partial charge in [0, 0.05) is 17.2 Å². The molecular weight excluding hydrogens is 211 g/mol. The fourth-order valence-electron chi connectivity index (χ4n) is 1.44. The first-order chi connectivity index (χ1) is 7.61. The average molecular weight is 222 g/mol. The fraction of sp³-hybridized carbons (Fsp3) is 0.182. The molecule has 0 unspecified atom stereocenters. The van der Waals surface area contributed by atoms with Gasteiger partial charge in [0.05, 0.1) is 7.11 Å². The number of hydrogen-bond donors (Lipinski definition) is 1. The van der Waals surface area contributed by atoms with Crippen LogP contribution in [0.3, 0.4) is 0 Å². The van der Waals surface area contributed by atoms with Gasteiger partial charge in [0.1, 0.15) is 17.3 Å². The Kier molecular flexibility index (Phi) is 2.52. The van der Waals surface area contributed by atoms with Crippen LogP contribution in [-0.4, -0.2) is 12.3 Å². The van der Waals surface area contributed by atoms with E-state index in [0.29, 0.717) is 22.6 Å². The normalized spacial score (nSPS) is 10.4. The molecule has 0 saturated heterocycles. The lowest BCUT2D eigenvalue weighted by Gasteiger charge is -2.07. The summed E-state index contributed by atoms with van der Waals surface area (Å²) in [7, 11) is 1.49. The molecule has 0 fully saturated rings. The van der Waals surface area contributed by atoms with Crippen molar-refractivity contribution in [2.24, 2.45) is 0 Å². The van der Waals surface area contributed by atoms with Crippen LogP contribution in [0.5, 0.6) is 5.75 Å². The van der Waals surface area contributed by atoms with E-state index in [4.69, 9.17) is 15.0 Å². The summed E-state index contributed by atoms with van der Waals surface area (Å²) in [6, 6.07) is 4.59. The van der Waals surface area contributed by atoms with Crippen LogP contribution in [0.1, 0.15) is 5.56 Å². The van der Waals surface area contributed by atoms with Gasteiger partial charge in [0.15, 0.2) is 0 Å². The number of nitrogen functional groups attached to an aromatic ring is 1. The first-order valence-electron chi connectivity index (χ1n) is 4.68. The van der Waals surface area contributed by atoms with Gasteiger partial charge in [-0.15, -0.1) is 0 Å². The minimum absolute atomic E-state index is 0.190. The van der Waals surface area contributed by atoms with E-state index in [1.54, 1.807) is 13.0 Å². The van der Waals surface area contributed by atoms with Crippen molar-refractivity contribution in [2.75, 3.05) is 12.8 Å². The van der Waals surface area contributed by atoms with Crippen molar-refractivity contribution in [2.45, 2.75) is 6.92 Å². The zero-order valence-corrected chi connectivity index (χ0v) is 8.95. The van der Waals surface area contributed by atoms with Crippen LogP contribution in [0.4, 0.5) is 10.3 Å². The second-order valence-electron chi connectivity index (χ2n) is 3.40. The van der Waals surface area contributed by atoms with E-state index >= 15 is 0 Å². The van der Waals surface area contributed by atoms with Gasteiger partial charge in [-0.1, -0.05) is 5.16 Å². The van der Waals surface area contributed by atoms with E-state index in [2.05, 4.69) is 5.16 Å². The first-order valence-corrected chi connectivity index (χ1v) is 4.68. The quantitative estimate of drug-likeness (QED) is 0.847. The van der Waals surface area contributed by atoms with Crippen molar-refractivity contribution in [1.82, 2.24) is 5.16 Å². The summed E-state index contributed by atoms with van der Waals surface area (Å²) in [5.41, 5.74) is 6.91. The molecule has 0 radical (unpaired) electrons. The smallest absolute Gasteiger partial charge is 0.222 e. The van der Waals surface area contributed by atoms with Gasteiger partial charge < -0.3 is 15.0 Å². The molecule has 0 atom stereocenters. The molecule has 0 aliphatic heterocycles. The van der Waals surface area contributed by atoms with Crippen molar-refractivity contribution in [3.63, 3.8) is 0 Å². The van der Waals surface area contributed by atoms with Crippen molar-refractivity contribution in [3.05, 3.63) is 29.6 Å². The minimum Gasteiger partial charge on any atom is -0.496 e. The number of halogens is 1. The summed E-state index contributed by atoms with van der Waals surface area (Å²) < 4.78 is 23.3. The second-order valence-corrected chi connectivity index (χ2v) is 3.40. The highest BCUT2D eigenvalue weighted by Gasteiger charge is 2.11. The highest BCUT2D eigenvalue weighted by Crippen LogP contribution is 2.29. The predicted molar refractivity (Wildman–Crippen MR) is 57.6 cm³/mol. The number of nitrogens with two attached hydrogens (primary N) is 1. The lowest BCUT2D eigenvalue weighted by atomic mass is 10.1. The van der Waals surface area contributed by atoms with Crippen LogP contribution in [0.25, 0.3) is 11.3 Å². The van der Waals surface area contributed by atoms with Gasteiger partial charge in [0.25, 0.3) is 0 Å². The van der Waals surface area contributed by atoms with E-state index in [1.165, 1.54) is 19.2 Å². The lowest BCUT2D eigenvalue weighted by molar-refractivity contribution is 0.407. The molecule has 2 N–H and O–H groups in total. The van der Waals surface area contributed by atoms with Gasteiger partial charge in [0.2, 0.25) is 5.88 Å². The third kappa shape index (κ3) is 1.71. The third-order valence-corrected chi connectivity index (χ3v) is 2.34. The Morgan fingerprint density at radius 2 is 2.12 bits per heavy atom. The Hall–Kier alpha value is -2.04. The molecule has 84 valence electrons. The number of methoxy groups -OCH3 is 1. The molecule has 0 amide bonds. The fourth-order valence-corrected chi connectivity index (χ4v) is 1.44. The van der Waals surface area contributed by atoms with Crippen LogP contribution in [-0.2, 0) is 0 Å². The van der Waals surface area contributed by atoms with E-state index in [-0.39, 0.29) is 11.7 Å². The monoisotopic (exact) mass is 222 g/mol. The van der Waals surface area contributed by atoms with Crippen molar-refractivity contribution in [3.8, 4) is 17.0 Å². The molecular formula is C11H11FN2O2. The molecule has 0 bridgehead atoms. The SMILES string of the molecule is COc1cc(-c2cc(N)on2)cc(F)c1C. The summed E-state index contributed by atoms with van der Waals surface area (Å²) in [4.78, 5) is 0. The van der Waals surface area contributed by atoms with Crippen molar-refractivity contribution in [1.29, 1.82) is 0 Å². The molecule has 0 aliphatic carbocycles. The largest absolute Gasteiger partial charge is 0.496 e. The number of aromatic nitrogens is 1.